The first-order chi connectivity index (χ1) is 40.3. The second kappa shape index (κ2) is 42.8. The lowest BCUT2D eigenvalue weighted by Crippen LogP contribution is -2.08. The van der Waals surface area contributed by atoms with Crippen LogP contribution in [0.15, 0.2) is 162 Å². The van der Waals surface area contributed by atoms with Gasteiger partial charge in [0.05, 0.1) is 65.4 Å². The van der Waals surface area contributed by atoms with Crippen molar-refractivity contribution in [2.45, 2.75) is 103 Å². The summed E-state index contributed by atoms with van der Waals surface area (Å²) in [5.74, 6) is 0.801. The van der Waals surface area contributed by atoms with E-state index in [-0.39, 0.29) is 0 Å². The highest BCUT2D eigenvalue weighted by Gasteiger charge is 2.18. The summed E-state index contributed by atoms with van der Waals surface area (Å²) in [4.78, 5) is 66.6. The van der Waals surface area contributed by atoms with Crippen LogP contribution in [0.5, 0.6) is 23.0 Å². The van der Waals surface area contributed by atoms with Gasteiger partial charge < -0.3 is 48.0 Å². The average Bonchev–Trinajstić information content (AvgIpc) is 3.52. The summed E-state index contributed by atoms with van der Waals surface area (Å²) >= 11 is 0. The van der Waals surface area contributed by atoms with Crippen molar-refractivity contribution in [3.63, 3.8) is 0 Å². The minimum absolute atomic E-state index is 0.359. The number of carbonyl (C=O) groups is 2. The SMILES string of the molecule is C=COCCCCOc1c(C=CC(=O)Oc2ccc(-c3ccc(OC(=O)C=Cc4ccc(CCCCOOC=C)c(CCCCOOC=C)c4CCCCOOC=C)cc3)cc2)ccc(CCCCOOC=C)c1OCCCCOC=C. The van der Waals surface area contributed by atoms with E-state index in [1.54, 1.807) is 30.3 Å². The summed E-state index contributed by atoms with van der Waals surface area (Å²) in [5.41, 5.74) is 7.91. The molecule has 0 spiro atoms. The Bertz CT molecular complexity index is 2390. The van der Waals surface area contributed by atoms with E-state index in [1.165, 1.54) is 60.9 Å². The molecule has 0 aromatic heterocycles. The fourth-order valence-electron chi connectivity index (χ4n) is 8.41. The van der Waals surface area contributed by atoms with Gasteiger partial charge in [0.15, 0.2) is 11.5 Å². The maximum absolute atomic E-state index is 13.3. The fraction of sp³-hybridized carbons (Fsp3) is 0.364. The van der Waals surface area contributed by atoms with Crippen LogP contribution in [0, 0.1) is 0 Å². The molecule has 0 aliphatic rings. The van der Waals surface area contributed by atoms with Gasteiger partial charge in [-0.25, -0.2) is 9.59 Å². The molecule has 82 heavy (non-hydrogen) atoms. The largest absolute Gasteiger partial charge is 0.502 e. The van der Waals surface area contributed by atoms with Crippen molar-refractivity contribution in [3.05, 3.63) is 195 Å². The second-order valence-corrected chi connectivity index (χ2v) is 18.2. The van der Waals surface area contributed by atoms with E-state index in [0.29, 0.717) is 87.8 Å². The van der Waals surface area contributed by atoms with Crippen LogP contribution >= 0.6 is 0 Å². The Morgan fingerprint density at radius 2 is 0.732 bits per heavy atom. The molecule has 0 unspecified atom stereocenters. The highest BCUT2D eigenvalue weighted by Crippen LogP contribution is 2.38. The highest BCUT2D eigenvalue weighted by atomic mass is 17.2. The van der Waals surface area contributed by atoms with Crippen LogP contribution < -0.4 is 18.9 Å². The first kappa shape index (κ1) is 66.5. The Hall–Kier alpha value is -8.02. The number of carbonyl (C=O) groups excluding carboxylic acids is 2. The number of benzene rings is 4. The molecule has 4 aromatic carbocycles. The number of esters is 2. The number of ether oxygens (including phenoxy) is 6. The topological polar surface area (TPSA) is 163 Å². The van der Waals surface area contributed by atoms with Crippen LogP contribution in [0.25, 0.3) is 23.3 Å². The predicted octanol–water partition coefficient (Wildman–Crippen LogP) is 14.9. The Morgan fingerprint density at radius 3 is 1.20 bits per heavy atom. The summed E-state index contributed by atoms with van der Waals surface area (Å²) in [5, 5.41) is 0. The van der Waals surface area contributed by atoms with Crippen molar-refractivity contribution < 1.29 is 77.1 Å². The molecule has 0 saturated heterocycles. The molecule has 0 heterocycles. The van der Waals surface area contributed by atoms with E-state index in [2.05, 4.69) is 51.6 Å². The summed E-state index contributed by atoms with van der Waals surface area (Å²) in [6.45, 7) is 24.9. The number of hydrogen-bond acceptors (Lipinski definition) is 16. The van der Waals surface area contributed by atoms with Gasteiger partial charge in [-0.3, -0.25) is 0 Å². The molecule has 4 rings (SSSR count). The molecule has 0 N–H and O–H groups in total. The molecule has 0 amide bonds. The molecule has 442 valence electrons. The van der Waals surface area contributed by atoms with Crippen LogP contribution in [0.3, 0.4) is 0 Å². The van der Waals surface area contributed by atoms with Crippen molar-refractivity contribution in [2.75, 3.05) is 52.9 Å². The molecular weight excluding hydrogens is 1050 g/mol. The summed E-state index contributed by atoms with van der Waals surface area (Å²) < 4.78 is 35.0. The fourth-order valence-corrected chi connectivity index (χ4v) is 8.41. The smallest absolute Gasteiger partial charge is 0.336 e. The van der Waals surface area contributed by atoms with E-state index in [1.807, 2.05) is 42.5 Å². The van der Waals surface area contributed by atoms with E-state index in [0.717, 1.165) is 124 Å². The Balaban J connectivity index is 1.45. The Labute approximate surface area is 484 Å². The van der Waals surface area contributed by atoms with Gasteiger partial charge in [0.2, 0.25) is 0 Å². The highest BCUT2D eigenvalue weighted by molar-refractivity contribution is 5.90. The number of hydrogen-bond donors (Lipinski definition) is 0. The number of aryl methyl sites for hydroxylation is 2. The van der Waals surface area contributed by atoms with Crippen molar-refractivity contribution in [3.8, 4) is 34.1 Å². The first-order valence-corrected chi connectivity index (χ1v) is 27.9. The summed E-state index contributed by atoms with van der Waals surface area (Å²) in [7, 11) is 0. The van der Waals surface area contributed by atoms with Gasteiger partial charge >= 0.3 is 11.9 Å². The van der Waals surface area contributed by atoms with Crippen LogP contribution in [-0.4, -0.2) is 64.8 Å². The van der Waals surface area contributed by atoms with Crippen molar-refractivity contribution in [1.82, 2.24) is 0 Å². The molecule has 0 aliphatic heterocycles. The van der Waals surface area contributed by atoms with E-state index < -0.39 is 11.9 Å². The number of rotatable bonds is 49. The summed E-state index contributed by atoms with van der Waals surface area (Å²) in [6, 6.07) is 22.4. The van der Waals surface area contributed by atoms with Crippen molar-refractivity contribution in [1.29, 1.82) is 0 Å². The molecule has 16 heteroatoms. The third-order valence-corrected chi connectivity index (χ3v) is 12.3. The summed E-state index contributed by atoms with van der Waals surface area (Å²) in [6.07, 6.45) is 26.7. The van der Waals surface area contributed by atoms with Gasteiger partial charge in [0.25, 0.3) is 0 Å². The van der Waals surface area contributed by atoms with Crippen LogP contribution in [0.4, 0.5) is 0 Å². The zero-order valence-electron chi connectivity index (χ0n) is 47.4. The second-order valence-electron chi connectivity index (χ2n) is 18.2. The lowest BCUT2D eigenvalue weighted by Gasteiger charge is -2.19. The predicted molar refractivity (Wildman–Crippen MR) is 317 cm³/mol. The van der Waals surface area contributed by atoms with Gasteiger partial charge in [-0.2, -0.15) is 19.6 Å². The first-order valence-electron chi connectivity index (χ1n) is 27.9. The Morgan fingerprint density at radius 1 is 0.354 bits per heavy atom. The maximum Gasteiger partial charge on any atom is 0.336 e. The molecule has 0 atom stereocenters. The standard InChI is InChI=1S/C66H82O16/c1-7-69-45-21-23-47-71-65-57(26-14-18-50-78-74-10-4)31-32-58(66(65)72-48-24-22-46-70-8-2)38-44-64(68)82-60-41-35-54(36-42-60)53-33-39-59(40-34-53)81-63(67)43-37-56-30-29-55(25-13-17-49-77-73-9-3)61(27-15-19-51-79-75-11-5)62(56)28-16-20-52-80-76-12-6/h7-12,29-44H,1-6,13-28,45-52H2. The lowest BCUT2D eigenvalue weighted by molar-refractivity contribution is -0.248. The van der Waals surface area contributed by atoms with E-state index in [4.69, 9.17) is 67.5 Å². The van der Waals surface area contributed by atoms with Gasteiger partial charge in [0.1, 0.15) is 36.5 Å². The quantitative estimate of drug-likeness (QED) is 0.00780. The molecule has 0 fully saturated rings. The van der Waals surface area contributed by atoms with Crippen molar-refractivity contribution in [2.24, 2.45) is 0 Å². The third-order valence-electron chi connectivity index (χ3n) is 12.3. The molecule has 4 aromatic rings. The molecule has 0 aliphatic carbocycles. The van der Waals surface area contributed by atoms with Gasteiger partial charge in [-0.1, -0.05) is 88.0 Å². The van der Waals surface area contributed by atoms with Gasteiger partial charge in [0, 0.05) is 17.7 Å². The van der Waals surface area contributed by atoms with E-state index >= 15 is 0 Å². The average molecular weight is 1130 g/mol. The normalized spacial score (nSPS) is 10.9. The van der Waals surface area contributed by atoms with Crippen LogP contribution in [0.1, 0.15) is 110 Å². The zero-order valence-corrected chi connectivity index (χ0v) is 47.4. The number of unbranched alkanes of at least 4 members (excludes halogenated alkanes) is 6. The monoisotopic (exact) mass is 1130 g/mol. The van der Waals surface area contributed by atoms with Crippen LogP contribution in [0.2, 0.25) is 0 Å². The molecule has 16 nitrogen and oxygen atoms in total. The van der Waals surface area contributed by atoms with Gasteiger partial charge in [-0.05, 0) is 178 Å². The maximum atomic E-state index is 13.3. The molecule has 0 saturated carbocycles. The Kier molecular flexibility index (Phi) is 34.7. The van der Waals surface area contributed by atoms with E-state index in [9.17, 15) is 9.59 Å². The van der Waals surface area contributed by atoms with Crippen molar-refractivity contribution >= 4 is 24.1 Å². The molecule has 0 bridgehead atoms. The van der Waals surface area contributed by atoms with Crippen LogP contribution in [-0.2, 0) is 83.8 Å². The van der Waals surface area contributed by atoms with Gasteiger partial charge in [-0.15, -0.1) is 0 Å². The molecule has 0 radical (unpaired) electrons. The minimum Gasteiger partial charge on any atom is -0.502 e. The zero-order chi connectivity index (χ0) is 58.5. The third kappa shape index (κ3) is 27.0. The lowest BCUT2D eigenvalue weighted by atomic mass is 9.87. The molecular formula is C66H82O16. The minimum atomic E-state index is -0.574.